The van der Waals surface area contributed by atoms with Crippen LogP contribution in [0.5, 0.6) is 0 Å². The Hall–Kier alpha value is -1.78. The Balaban J connectivity index is 2.20. The molecule has 0 aromatic heterocycles. The van der Waals surface area contributed by atoms with Gasteiger partial charge < -0.3 is 5.73 Å². The van der Waals surface area contributed by atoms with E-state index in [1.54, 1.807) is 0 Å². The molecule has 2 rings (SSSR count). The van der Waals surface area contributed by atoms with Crippen LogP contribution in [0.1, 0.15) is 22.7 Å². The third-order valence-corrected chi connectivity index (χ3v) is 3.54. The quantitative estimate of drug-likeness (QED) is 0.914. The molecule has 0 radical (unpaired) electrons. The summed E-state index contributed by atoms with van der Waals surface area (Å²) in [6.45, 7) is 3.00. The molecule has 4 heteroatoms. The van der Waals surface area contributed by atoms with Crippen molar-refractivity contribution in [3.63, 3.8) is 0 Å². The molecule has 0 fully saturated rings. The lowest BCUT2D eigenvalue weighted by Crippen LogP contribution is -2.30. The molecule has 0 aliphatic carbocycles. The van der Waals surface area contributed by atoms with E-state index in [0.717, 1.165) is 11.6 Å². The number of aryl methyl sites for hydroxylation is 1. The normalized spacial score (nSPS) is 12.7. The molecule has 112 valence electrons. The lowest BCUT2D eigenvalue weighted by atomic mass is 10.0. The van der Waals surface area contributed by atoms with E-state index in [0.29, 0.717) is 18.7 Å². The van der Waals surface area contributed by atoms with Crippen molar-refractivity contribution < 1.29 is 8.78 Å². The van der Waals surface area contributed by atoms with Gasteiger partial charge in [0.1, 0.15) is 11.6 Å². The molecule has 0 heterocycles. The van der Waals surface area contributed by atoms with Crippen molar-refractivity contribution in [2.45, 2.75) is 19.5 Å². The number of halogens is 2. The Morgan fingerprint density at radius 2 is 1.76 bits per heavy atom. The average molecular weight is 290 g/mol. The smallest absolute Gasteiger partial charge is 0.126 e. The Morgan fingerprint density at radius 1 is 1.10 bits per heavy atom. The van der Waals surface area contributed by atoms with Gasteiger partial charge in [-0.1, -0.05) is 29.8 Å². The first-order valence-corrected chi connectivity index (χ1v) is 6.91. The summed E-state index contributed by atoms with van der Waals surface area (Å²) in [4.78, 5) is 2.00. The number of benzene rings is 2. The van der Waals surface area contributed by atoms with Crippen molar-refractivity contribution in [1.82, 2.24) is 4.90 Å². The van der Waals surface area contributed by atoms with Crippen LogP contribution in [0, 0.1) is 18.6 Å². The molecule has 0 aliphatic rings. The van der Waals surface area contributed by atoms with Gasteiger partial charge in [-0.15, -0.1) is 0 Å². The highest BCUT2D eigenvalue weighted by molar-refractivity contribution is 5.24. The van der Waals surface area contributed by atoms with Gasteiger partial charge in [-0.25, -0.2) is 8.78 Å². The molecule has 0 saturated carbocycles. The van der Waals surface area contributed by atoms with Crippen molar-refractivity contribution in [1.29, 1.82) is 0 Å². The minimum atomic E-state index is -0.576. The zero-order chi connectivity index (χ0) is 15.4. The van der Waals surface area contributed by atoms with E-state index < -0.39 is 11.6 Å². The summed E-state index contributed by atoms with van der Waals surface area (Å²) in [5, 5.41) is 0. The van der Waals surface area contributed by atoms with Gasteiger partial charge in [-0.3, -0.25) is 4.90 Å². The second-order valence-corrected chi connectivity index (χ2v) is 5.36. The molecular weight excluding hydrogens is 270 g/mol. The first-order chi connectivity index (χ1) is 9.99. The maximum Gasteiger partial charge on any atom is 0.126 e. The lowest BCUT2D eigenvalue weighted by Gasteiger charge is -2.27. The van der Waals surface area contributed by atoms with E-state index in [9.17, 15) is 8.78 Å². The highest BCUT2D eigenvalue weighted by atomic mass is 19.1. The van der Waals surface area contributed by atoms with Gasteiger partial charge in [0.05, 0.1) is 0 Å². The van der Waals surface area contributed by atoms with Crippen LogP contribution in [0.25, 0.3) is 0 Å². The number of nitrogens with zero attached hydrogens (tertiary/aromatic N) is 1. The molecule has 1 atom stereocenters. The van der Waals surface area contributed by atoms with Gasteiger partial charge >= 0.3 is 0 Å². The fraction of sp³-hybridized carbons (Fsp3) is 0.294. The fourth-order valence-electron chi connectivity index (χ4n) is 2.55. The minimum Gasteiger partial charge on any atom is -0.329 e. The van der Waals surface area contributed by atoms with Crippen LogP contribution in [0.4, 0.5) is 8.78 Å². The van der Waals surface area contributed by atoms with Crippen molar-refractivity contribution in [3.8, 4) is 0 Å². The number of nitrogens with two attached hydrogens (primary N) is 1. The second-order valence-electron chi connectivity index (χ2n) is 5.36. The maximum absolute atomic E-state index is 13.4. The Kier molecular flexibility index (Phi) is 5.04. The average Bonchev–Trinajstić information content (AvgIpc) is 2.38. The van der Waals surface area contributed by atoms with Crippen LogP contribution >= 0.6 is 0 Å². The zero-order valence-corrected chi connectivity index (χ0v) is 12.3. The highest BCUT2D eigenvalue weighted by Crippen LogP contribution is 2.22. The van der Waals surface area contributed by atoms with Crippen molar-refractivity contribution in [2.24, 2.45) is 5.73 Å². The third-order valence-electron chi connectivity index (χ3n) is 3.54. The molecule has 0 saturated heterocycles. The van der Waals surface area contributed by atoms with E-state index in [-0.39, 0.29) is 6.04 Å². The van der Waals surface area contributed by atoms with Gasteiger partial charge in [-0.05, 0) is 37.2 Å². The van der Waals surface area contributed by atoms with E-state index >= 15 is 0 Å². The lowest BCUT2D eigenvalue weighted by molar-refractivity contribution is 0.241. The maximum atomic E-state index is 13.4. The SMILES string of the molecule is Cc1cccc(CN(C)C(CN)c2cc(F)cc(F)c2)c1. The van der Waals surface area contributed by atoms with Crippen LogP contribution < -0.4 is 5.73 Å². The van der Waals surface area contributed by atoms with Crippen molar-refractivity contribution >= 4 is 0 Å². The van der Waals surface area contributed by atoms with Crippen molar-refractivity contribution in [3.05, 3.63) is 70.8 Å². The summed E-state index contributed by atoms with van der Waals surface area (Å²) < 4.78 is 26.7. The first-order valence-electron chi connectivity index (χ1n) is 6.91. The highest BCUT2D eigenvalue weighted by Gasteiger charge is 2.17. The predicted octanol–water partition coefficient (Wildman–Crippen LogP) is 3.41. The molecule has 2 nitrogen and oxygen atoms in total. The van der Waals surface area contributed by atoms with Crippen LogP contribution in [-0.4, -0.2) is 18.5 Å². The molecule has 0 amide bonds. The second kappa shape index (κ2) is 6.78. The minimum absolute atomic E-state index is 0.226. The summed E-state index contributed by atoms with van der Waals surface area (Å²) >= 11 is 0. The summed E-state index contributed by atoms with van der Waals surface area (Å²) in [6.07, 6.45) is 0. The summed E-state index contributed by atoms with van der Waals surface area (Å²) in [5.74, 6) is -1.15. The Labute approximate surface area is 124 Å². The van der Waals surface area contributed by atoms with Crippen LogP contribution in [0.2, 0.25) is 0 Å². The van der Waals surface area contributed by atoms with E-state index in [2.05, 4.69) is 6.07 Å². The predicted molar refractivity (Wildman–Crippen MR) is 80.8 cm³/mol. The summed E-state index contributed by atoms with van der Waals surface area (Å²) in [6, 6.07) is 11.5. The van der Waals surface area contributed by atoms with Crippen molar-refractivity contribution in [2.75, 3.05) is 13.6 Å². The Bertz CT molecular complexity index is 593. The van der Waals surface area contributed by atoms with Crippen LogP contribution in [0.15, 0.2) is 42.5 Å². The van der Waals surface area contributed by atoms with Crippen LogP contribution in [0.3, 0.4) is 0 Å². The zero-order valence-electron chi connectivity index (χ0n) is 12.3. The Morgan fingerprint density at radius 3 is 2.33 bits per heavy atom. The van der Waals surface area contributed by atoms with Gasteiger partial charge in [-0.2, -0.15) is 0 Å². The summed E-state index contributed by atoms with van der Waals surface area (Å²) in [5.41, 5.74) is 8.69. The van der Waals surface area contributed by atoms with E-state index in [1.165, 1.54) is 17.7 Å². The third kappa shape index (κ3) is 4.09. The number of rotatable bonds is 5. The van der Waals surface area contributed by atoms with Gasteiger partial charge in [0.25, 0.3) is 0 Å². The number of likely N-dealkylation sites (N-methyl/N-ethyl adjacent to an activating group) is 1. The molecule has 0 aliphatic heterocycles. The molecule has 2 N–H and O–H groups in total. The molecule has 0 spiro atoms. The monoisotopic (exact) mass is 290 g/mol. The first kappa shape index (κ1) is 15.6. The fourth-order valence-corrected chi connectivity index (χ4v) is 2.55. The molecular formula is C17H20F2N2. The standard InChI is InChI=1S/C17H20F2N2/c1-12-4-3-5-13(6-12)11-21(2)17(10-20)14-7-15(18)9-16(19)8-14/h3-9,17H,10-11,20H2,1-2H3. The van der Waals surface area contributed by atoms with Gasteiger partial charge in [0, 0.05) is 25.2 Å². The number of hydrogen-bond donors (Lipinski definition) is 1. The molecule has 1 unspecified atom stereocenters. The topological polar surface area (TPSA) is 29.3 Å². The summed E-state index contributed by atoms with van der Waals surface area (Å²) in [7, 11) is 1.91. The van der Waals surface area contributed by atoms with Crippen LogP contribution in [-0.2, 0) is 6.54 Å². The molecule has 21 heavy (non-hydrogen) atoms. The number of hydrogen-bond acceptors (Lipinski definition) is 2. The largest absolute Gasteiger partial charge is 0.329 e. The molecule has 2 aromatic carbocycles. The molecule has 2 aromatic rings. The van der Waals surface area contributed by atoms with E-state index in [1.807, 2.05) is 37.1 Å². The van der Waals surface area contributed by atoms with E-state index in [4.69, 9.17) is 5.73 Å². The van der Waals surface area contributed by atoms with Gasteiger partial charge in [0.2, 0.25) is 0 Å². The van der Waals surface area contributed by atoms with Gasteiger partial charge in [0.15, 0.2) is 0 Å². The molecule has 0 bridgehead atoms.